The van der Waals surface area contributed by atoms with Crippen LogP contribution in [0.3, 0.4) is 0 Å². The Bertz CT molecular complexity index is 214. The van der Waals surface area contributed by atoms with E-state index < -0.39 is 5.79 Å². The first-order chi connectivity index (χ1) is 5.47. The second-order valence-corrected chi connectivity index (χ2v) is 3.96. The van der Waals surface area contributed by atoms with Gasteiger partial charge in [0.25, 0.3) is 0 Å². The Morgan fingerprint density at radius 1 is 1.17 bits per heavy atom. The van der Waals surface area contributed by atoms with Gasteiger partial charge in [0.2, 0.25) is 5.79 Å². The molecule has 0 atom stereocenters. The van der Waals surface area contributed by atoms with Crippen LogP contribution < -0.4 is 5.73 Å². The number of hydrogen-bond acceptors (Lipinski definition) is 3. The van der Waals surface area contributed by atoms with Crippen LogP contribution in [-0.4, -0.2) is 19.0 Å². The largest absolute Gasteiger partial charge is 0.359 e. The lowest BCUT2D eigenvalue weighted by molar-refractivity contribution is -0.256. The fraction of sp³-hybridized carbons (Fsp3) is 0.778. The predicted molar refractivity (Wildman–Crippen MR) is 46.1 cm³/mol. The fourth-order valence-electron chi connectivity index (χ4n) is 0.953. The Morgan fingerprint density at radius 2 is 1.67 bits per heavy atom. The van der Waals surface area contributed by atoms with Crippen LogP contribution in [0, 0.1) is 17.4 Å². The van der Waals surface area contributed by atoms with E-state index in [2.05, 4.69) is 25.8 Å². The van der Waals surface area contributed by atoms with E-state index in [0.29, 0.717) is 13.2 Å². The van der Waals surface area contributed by atoms with E-state index in [0.717, 1.165) is 0 Å². The summed E-state index contributed by atoms with van der Waals surface area (Å²) in [4.78, 5) is 0. The zero-order valence-electron chi connectivity index (χ0n) is 7.81. The summed E-state index contributed by atoms with van der Waals surface area (Å²) < 4.78 is 10.9. The van der Waals surface area contributed by atoms with Crippen molar-refractivity contribution in [3.63, 3.8) is 0 Å². The van der Waals surface area contributed by atoms with Gasteiger partial charge in [-0.15, -0.1) is 0 Å². The molecule has 1 heterocycles. The van der Waals surface area contributed by atoms with Gasteiger partial charge in [-0.1, -0.05) is 13.8 Å². The molecule has 0 aromatic carbocycles. The van der Waals surface area contributed by atoms with Crippen molar-refractivity contribution in [3.8, 4) is 12.0 Å². The SMILES string of the molecule is CC1(C)COC(C)(C#CN)OC1. The van der Waals surface area contributed by atoms with Gasteiger partial charge in [-0.05, 0) is 5.92 Å². The average Bonchev–Trinajstić information content (AvgIpc) is 1.98. The Labute approximate surface area is 73.2 Å². The van der Waals surface area contributed by atoms with Crippen LogP contribution in [-0.2, 0) is 9.47 Å². The predicted octanol–water partition coefficient (Wildman–Crippen LogP) is 0.695. The molecule has 0 aromatic rings. The van der Waals surface area contributed by atoms with Crippen molar-refractivity contribution in [3.05, 3.63) is 0 Å². The third-order valence-corrected chi connectivity index (χ3v) is 1.78. The van der Waals surface area contributed by atoms with E-state index >= 15 is 0 Å². The van der Waals surface area contributed by atoms with Crippen LogP contribution in [0.4, 0.5) is 0 Å². The molecule has 1 saturated heterocycles. The van der Waals surface area contributed by atoms with Crippen molar-refractivity contribution in [2.75, 3.05) is 13.2 Å². The highest BCUT2D eigenvalue weighted by molar-refractivity contribution is 5.07. The molecule has 0 aromatic heterocycles. The molecular formula is C9H15NO2. The minimum atomic E-state index is -0.801. The molecule has 3 heteroatoms. The standard InChI is InChI=1S/C9H15NO2/c1-8(2)6-11-9(3,4-5-10)12-7-8/h6-7,10H2,1-3H3. The third kappa shape index (κ3) is 2.13. The highest BCUT2D eigenvalue weighted by Crippen LogP contribution is 2.28. The topological polar surface area (TPSA) is 44.5 Å². The Morgan fingerprint density at radius 3 is 2.08 bits per heavy atom. The van der Waals surface area contributed by atoms with Crippen LogP contribution >= 0.6 is 0 Å². The molecule has 0 radical (unpaired) electrons. The maximum Gasteiger partial charge on any atom is 0.232 e. The van der Waals surface area contributed by atoms with Gasteiger partial charge in [0.05, 0.1) is 13.2 Å². The van der Waals surface area contributed by atoms with Crippen molar-refractivity contribution in [2.24, 2.45) is 11.1 Å². The summed E-state index contributed by atoms with van der Waals surface area (Å²) >= 11 is 0. The fourth-order valence-corrected chi connectivity index (χ4v) is 0.953. The summed E-state index contributed by atoms with van der Waals surface area (Å²) in [6, 6.07) is 2.31. The van der Waals surface area contributed by atoms with Crippen molar-refractivity contribution >= 4 is 0 Å². The van der Waals surface area contributed by atoms with E-state index in [4.69, 9.17) is 15.2 Å². The third-order valence-electron chi connectivity index (χ3n) is 1.78. The van der Waals surface area contributed by atoms with Crippen LogP contribution in [0.5, 0.6) is 0 Å². The van der Waals surface area contributed by atoms with Crippen LogP contribution in [0.1, 0.15) is 20.8 Å². The number of hydrogen-bond donors (Lipinski definition) is 1. The smallest absolute Gasteiger partial charge is 0.232 e. The first-order valence-electron chi connectivity index (χ1n) is 3.98. The van der Waals surface area contributed by atoms with Gasteiger partial charge < -0.3 is 15.2 Å². The molecular weight excluding hydrogens is 154 g/mol. The quantitative estimate of drug-likeness (QED) is 0.429. The second kappa shape index (κ2) is 2.96. The van der Waals surface area contributed by atoms with Gasteiger partial charge >= 0.3 is 0 Å². The van der Waals surface area contributed by atoms with Gasteiger partial charge in [-0.3, -0.25) is 0 Å². The number of rotatable bonds is 0. The van der Waals surface area contributed by atoms with E-state index in [-0.39, 0.29) is 5.41 Å². The monoisotopic (exact) mass is 169 g/mol. The van der Waals surface area contributed by atoms with E-state index in [1.807, 2.05) is 0 Å². The molecule has 0 aliphatic carbocycles. The van der Waals surface area contributed by atoms with Crippen LogP contribution in [0.25, 0.3) is 0 Å². The minimum absolute atomic E-state index is 0.0792. The van der Waals surface area contributed by atoms with Gasteiger partial charge in [-0.2, -0.15) is 0 Å². The van der Waals surface area contributed by atoms with Gasteiger partial charge in [0, 0.05) is 18.4 Å². The number of nitrogens with two attached hydrogens (primary N) is 1. The van der Waals surface area contributed by atoms with E-state index in [1.54, 1.807) is 6.92 Å². The lowest BCUT2D eigenvalue weighted by Gasteiger charge is -2.38. The highest BCUT2D eigenvalue weighted by atomic mass is 16.7. The minimum Gasteiger partial charge on any atom is -0.359 e. The molecule has 12 heavy (non-hydrogen) atoms. The summed E-state index contributed by atoms with van der Waals surface area (Å²) in [5.74, 6) is 1.88. The van der Waals surface area contributed by atoms with Crippen molar-refractivity contribution in [1.29, 1.82) is 0 Å². The van der Waals surface area contributed by atoms with Crippen molar-refractivity contribution in [2.45, 2.75) is 26.6 Å². The van der Waals surface area contributed by atoms with Gasteiger partial charge in [0.1, 0.15) is 0 Å². The van der Waals surface area contributed by atoms with E-state index in [1.165, 1.54) is 0 Å². The Balaban J connectivity index is 2.59. The second-order valence-electron chi connectivity index (χ2n) is 3.96. The van der Waals surface area contributed by atoms with Crippen LogP contribution in [0.15, 0.2) is 0 Å². The van der Waals surface area contributed by atoms with Gasteiger partial charge in [-0.25, -0.2) is 0 Å². The normalized spacial score (nSPS) is 25.6. The van der Waals surface area contributed by atoms with Crippen molar-refractivity contribution < 1.29 is 9.47 Å². The number of ether oxygens (including phenoxy) is 2. The van der Waals surface area contributed by atoms with Crippen molar-refractivity contribution in [1.82, 2.24) is 0 Å². The lowest BCUT2D eigenvalue weighted by Crippen LogP contribution is -2.44. The molecule has 0 unspecified atom stereocenters. The zero-order chi connectivity index (χ0) is 9.24. The Hall–Kier alpha value is -0.720. The first-order valence-corrected chi connectivity index (χ1v) is 3.98. The molecule has 3 nitrogen and oxygen atoms in total. The summed E-state index contributed by atoms with van der Waals surface area (Å²) in [6.45, 7) is 7.25. The average molecular weight is 169 g/mol. The summed E-state index contributed by atoms with van der Waals surface area (Å²) in [5, 5.41) is 0. The van der Waals surface area contributed by atoms with Crippen LogP contribution in [0.2, 0.25) is 0 Å². The van der Waals surface area contributed by atoms with Gasteiger partial charge in [0.15, 0.2) is 0 Å². The molecule has 1 aliphatic heterocycles. The first kappa shape index (κ1) is 9.37. The molecule has 2 N–H and O–H groups in total. The molecule has 68 valence electrons. The molecule has 1 rings (SSSR count). The summed E-state index contributed by atoms with van der Waals surface area (Å²) in [7, 11) is 0. The maximum atomic E-state index is 5.45. The Kier molecular flexibility index (Phi) is 2.31. The lowest BCUT2D eigenvalue weighted by atomic mass is 9.95. The highest BCUT2D eigenvalue weighted by Gasteiger charge is 2.35. The molecule has 0 saturated carbocycles. The summed E-state index contributed by atoms with van der Waals surface area (Å²) in [5.41, 5.74) is 5.17. The summed E-state index contributed by atoms with van der Waals surface area (Å²) in [6.07, 6.45) is 0. The van der Waals surface area contributed by atoms with E-state index in [9.17, 15) is 0 Å². The molecule has 0 amide bonds. The molecule has 0 bridgehead atoms. The maximum absolute atomic E-state index is 5.45. The molecule has 0 spiro atoms. The molecule has 1 aliphatic rings. The zero-order valence-corrected chi connectivity index (χ0v) is 7.81. The molecule has 1 fully saturated rings.